The molecule has 0 amide bonds. The SMILES string of the molecule is O=P(O)(O)COC[C@H]1O[C@@H](n2ncc3c(NCc4ccccc4Cl)nc(Cl)nc32)[C@H](O)CC1O. The standard InChI is InChI=1S/C19H22Cl2N5O7P/c20-12-4-2-1-3-10(12)6-22-16-11-7-23-26(17(11)25-19(21)24-16)18-14(28)5-13(27)15(33-18)8-32-9-34(29,30)31/h1-4,7,13-15,18,27-28H,5-6,8-9H2,(H,22,24,25)(H2,29,30,31)/t13?,14-,15-,18-/m1/s1. The Balaban J connectivity index is 1.56. The minimum absolute atomic E-state index is 0.0669. The van der Waals surface area contributed by atoms with Crippen molar-refractivity contribution in [3.05, 3.63) is 46.3 Å². The van der Waals surface area contributed by atoms with Gasteiger partial charge in [-0.1, -0.05) is 29.8 Å². The van der Waals surface area contributed by atoms with Gasteiger partial charge in [0.05, 0.1) is 24.3 Å². The maximum absolute atomic E-state index is 11.0. The summed E-state index contributed by atoms with van der Waals surface area (Å²) in [6.07, 6.45) is -3.70. The molecule has 1 unspecified atom stereocenters. The molecule has 0 bridgehead atoms. The molecule has 5 N–H and O–H groups in total. The van der Waals surface area contributed by atoms with Crippen molar-refractivity contribution in [1.29, 1.82) is 0 Å². The van der Waals surface area contributed by atoms with E-state index in [1.807, 2.05) is 18.2 Å². The summed E-state index contributed by atoms with van der Waals surface area (Å²) in [5, 5.41) is 29.2. The van der Waals surface area contributed by atoms with Gasteiger partial charge in [0.2, 0.25) is 5.28 Å². The van der Waals surface area contributed by atoms with Crippen molar-refractivity contribution < 1.29 is 34.0 Å². The molecule has 12 nitrogen and oxygen atoms in total. The maximum Gasteiger partial charge on any atom is 0.350 e. The van der Waals surface area contributed by atoms with Gasteiger partial charge >= 0.3 is 7.60 Å². The summed E-state index contributed by atoms with van der Waals surface area (Å²) >= 11 is 12.4. The van der Waals surface area contributed by atoms with Gasteiger partial charge in [-0.25, -0.2) is 4.68 Å². The molecule has 15 heteroatoms. The molecule has 2 aromatic heterocycles. The molecule has 1 aliphatic heterocycles. The molecule has 0 radical (unpaired) electrons. The fourth-order valence-electron chi connectivity index (χ4n) is 3.58. The molecule has 4 atom stereocenters. The molecule has 3 heterocycles. The highest BCUT2D eigenvalue weighted by Gasteiger charge is 2.39. The smallest absolute Gasteiger partial charge is 0.350 e. The quantitative estimate of drug-likeness (QED) is 0.211. The predicted octanol–water partition coefficient (Wildman–Crippen LogP) is 1.91. The highest BCUT2D eigenvalue weighted by Crippen LogP contribution is 2.35. The lowest BCUT2D eigenvalue weighted by Gasteiger charge is -2.37. The van der Waals surface area contributed by atoms with Crippen molar-refractivity contribution in [2.75, 3.05) is 18.3 Å². The molecular formula is C19H22Cl2N5O7P. The molecular weight excluding hydrogens is 512 g/mol. The number of fused-ring (bicyclic) bond motifs is 1. The lowest BCUT2D eigenvalue weighted by molar-refractivity contribution is -0.211. The van der Waals surface area contributed by atoms with E-state index in [4.69, 9.17) is 42.5 Å². The van der Waals surface area contributed by atoms with Gasteiger partial charge in [-0.2, -0.15) is 15.1 Å². The third-order valence-corrected chi connectivity index (χ3v) is 6.23. The zero-order valence-electron chi connectivity index (χ0n) is 17.5. The van der Waals surface area contributed by atoms with Crippen LogP contribution in [0.1, 0.15) is 18.2 Å². The molecule has 184 valence electrons. The van der Waals surface area contributed by atoms with Crippen LogP contribution < -0.4 is 5.32 Å². The van der Waals surface area contributed by atoms with E-state index in [0.29, 0.717) is 22.8 Å². The number of aliphatic hydroxyl groups excluding tert-OH is 2. The minimum atomic E-state index is -4.38. The van der Waals surface area contributed by atoms with E-state index < -0.39 is 38.5 Å². The minimum Gasteiger partial charge on any atom is -0.390 e. The zero-order chi connectivity index (χ0) is 24.5. The van der Waals surface area contributed by atoms with Crippen LogP contribution >= 0.6 is 30.8 Å². The van der Waals surface area contributed by atoms with E-state index >= 15 is 0 Å². The highest BCUT2D eigenvalue weighted by atomic mass is 35.5. The van der Waals surface area contributed by atoms with E-state index in [1.54, 1.807) is 6.07 Å². The molecule has 0 saturated carbocycles. The summed E-state index contributed by atoms with van der Waals surface area (Å²) in [5.41, 5.74) is 1.12. The summed E-state index contributed by atoms with van der Waals surface area (Å²) in [7, 11) is -4.38. The lowest BCUT2D eigenvalue weighted by atomic mass is 10.0. The number of hydrogen-bond acceptors (Lipinski definition) is 9. The Bertz CT molecular complexity index is 1210. The Morgan fingerprint density at radius 1 is 1.21 bits per heavy atom. The number of hydrogen-bond donors (Lipinski definition) is 5. The van der Waals surface area contributed by atoms with Gasteiger partial charge in [0, 0.05) is 18.0 Å². The Morgan fingerprint density at radius 3 is 2.71 bits per heavy atom. The van der Waals surface area contributed by atoms with E-state index in [-0.39, 0.29) is 24.0 Å². The van der Waals surface area contributed by atoms with Gasteiger partial charge in [0.1, 0.15) is 24.4 Å². The molecule has 4 rings (SSSR count). The number of halogens is 2. The Labute approximate surface area is 203 Å². The van der Waals surface area contributed by atoms with Gasteiger partial charge in [-0.05, 0) is 23.2 Å². The van der Waals surface area contributed by atoms with Crippen LogP contribution in [-0.2, 0) is 20.6 Å². The van der Waals surface area contributed by atoms with Crippen LogP contribution in [0, 0.1) is 0 Å². The normalized spacial score (nSPS) is 23.4. The summed E-state index contributed by atoms with van der Waals surface area (Å²) in [5.74, 6) is 0.396. The largest absolute Gasteiger partial charge is 0.390 e. The molecule has 1 saturated heterocycles. The maximum atomic E-state index is 11.0. The van der Waals surface area contributed by atoms with Crippen molar-refractivity contribution in [3.8, 4) is 0 Å². The Hall–Kier alpha value is -1.86. The monoisotopic (exact) mass is 533 g/mol. The second kappa shape index (κ2) is 10.4. The number of ether oxygens (including phenoxy) is 2. The summed E-state index contributed by atoms with van der Waals surface area (Å²) < 4.78 is 23.1. The molecule has 0 aliphatic carbocycles. The summed E-state index contributed by atoms with van der Waals surface area (Å²) in [6.45, 7) is 0.0656. The van der Waals surface area contributed by atoms with Crippen LogP contribution in [0.2, 0.25) is 10.3 Å². The van der Waals surface area contributed by atoms with E-state index in [0.717, 1.165) is 5.56 Å². The molecule has 1 fully saturated rings. The number of anilines is 1. The fraction of sp³-hybridized carbons (Fsp3) is 0.421. The lowest BCUT2D eigenvalue weighted by Crippen LogP contribution is -2.47. The van der Waals surface area contributed by atoms with Crippen LogP contribution in [0.5, 0.6) is 0 Å². The predicted molar refractivity (Wildman–Crippen MR) is 123 cm³/mol. The average molecular weight is 534 g/mol. The molecule has 34 heavy (non-hydrogen) atoms. The number of aromatic nitrogens is 4. The second-order valence-electron chi connectivity index (χ2n) is 7.71. The Morgan fingerprint density at radius 2 is 1.97 bits per heavy atom. The molecule has 1 aromatic carbocycles. The molecule has 0 spiro atoms. The first-order chi connectivity index (χ1) is 16.1. The molecule has 3 aromatic rings. The van der Waals surface area contributed by atoms with Crippen LogP contribution in [0.15, 0.2) is 30.5 Å². The molecule has 1 aliphatic rings. The summed E-state index contributed by atoms with van der Waals surface area (Å²) in [4.78, 5) is 26.3. The first-order valence-corrected chi connectivity index (χ1v) is 12.7. The number of benzene rings is 1. The van der Waals surface area contributed by atoms with Crippen molar-refractivity contribution in [2.24, 2.45) is 0 Å². The van der Waals surface area contributed by atoms with Crippen LogP contribution in [-0.4, -0.2) is 71.0 Å². The van der Waals surface area contributed by atoms with Crippen molar-refractivity contribution in [1.82, 2.24) is 19.7 Å². The van der Waals surface area contributed by atoms with Gasteiger partial charge in [0.25, 0.3) is 0 Å². The van der Waals surface area contributed by atoms with Crippen LogP contribution in [0.4, 0.5) is 5.82 Å². The second-order valence-corrected chi connectivity index (χ2v) is 10.0. The van der Waals surface area contributed by atoms with Crippen LogP contribution in [0.25, 0.3) is 11.0 Å². The van der Waals surface area contributed by atoms with E-state index in [1.165, 1.54) is 10.9 Å². The number of rotatable bonds is 8. The van der Waals surface area contributed by atoms with Crippen molar-refractivity contribution >= 4 is 47.6 Å². The number of nitrogens with one attached hydrogen (secondary N) is 1. The third-order valence-electron chi connectivity index (χ3n) is 5.17. The zero-order valence-corrected chi connectivity index (χ0v) is 19.9. The Kier molecular flexibility index (Phi) is 7.72. The van der Waals surface area contributed by atoms with E-state index in [2.05, 4.69) is 20.4 Å². The topological polar surface area (TPSA) is 172 Å². The van der Waals surface area contributed by atoms with Crippen molar-refractivity contribution in [2.45, 2.75) is 37.5 Å². The average Bonchev–Trinajstić information content (AvgIpc) is 3.17. The van der Waals surface area contributed by atoms with Gasteiger partial charge in [0.15, 0.2) is 11.9 Å². The summed E-state index contributed by atoms with van der Waals surface area (Å²) in [6, 6.07) is 7.33. The number of nitrogens with zero attached hydrogens (tertiary/aromatic N) is 4. The van der Waals surface area contributed by atoms with Crippen molar-refractivity contribution in [3.63, 3.8) is 0 Å². The number of aliphatic hydroxyl groups is 2. The van der Waals surface area contributed by atoms with E-state index in [9.17, 15) is 14.8 Å². The van der Waals surface area contributed by atoms with Gasteiger partial charge < -0.3 is 34.8 Å². The first kappa shape index (κ1) is 25.2. The van der Waals surface area contributed by atoms with Gasteiger partial charge in [-0.3, -0.25) is 4.57 Å². The van der Waals surface area contributed by atoms with Crippen LogP contribution in [0.3, 0.4) is 0 Å². The fourth-order valence-corrected chi connectivity index (χ4v) is 4.29. The van der Waals surface area contributed by atoms with Gasteiger partial charge in [-0.15, -0.1) is 0 Å². The highest BCUT2D eigenvalue weighted by molar-refractivity contribution is 7.51. The third kappa shape index (κ3) is 5.85. The first-order valence-electron chi connectivity index (χ1n) is 10.1.